The molecule has 1 fully saturated rings. The number of carbonyl (C=O) groups is 1. The molecule has 0 bridgehead atoms. The van der Waals surface area contributed by atoms with E-state index < -0.39 is 21.8 Å². The van der Waals surface area contributed by atoms with Crippen LogP contribution < -0.4 is 4.72 Å². The second-order valence-electron chi connectivity index (χ2n) is 5.72. The third-order valence-electron chi connectivity index (χ3n) is 3.66. The molecule has 1 aromatic rings. The first-order valence-electron chi connectivity index (χ1n) is 7.15. The fourth-order valence-electron chi connectivity index (χ4n) is 2.09. The highest BCUT2D eigenvalue weighted by Crippen LogP contribution is 2.30. The van der Waals surface area contributed by atoms with E-state index in [-0.39, 0.29) is 17.5 Å². The molecule has 4 nitrogen and oxygen atoms in total. The maximum Gasteiger partial charge on any atom is 0.236 e. The average Bonchev–Trinajstić information content (AvgIpc) is 3.20. The minimum Gasteiger partial charge on any atom is -0.274 e. The highest BCUT2D eigenvalue weighted by atomic mass is 32.2. The van der Waals surface area contributed by atoms with Crippen LogP contribution in [0.4, 0.5) is 4.39 Å². The molecule has 0 heterocycles. The Balaban J connectivity index is 1.83. The van der Waals surface area contributed by atoms with E-state index >= 15 is 0 Å². The maximum absolute atomic E-state index is 13.5. The van der Waals surface area contributed by atoms with Crippen molar-refractivity contribution in [3.63, 3.8) is 0 Å². The minimum atomic E-state index is -3.53. The SMILES string of the molecule is C[C@@H](CCc1ccccc1F)C(=O)NS(=O)(=O)CC1CC1. The molecule has 0 saturated heterocycles. The Kier molecular flexibility index (Phi) is 4.98. The van der Waals surface area contributed by atoms with Crippen LogP contribution in [-0.4, -0.2) is 20.1 Å². The second-order valence-corrected chi connectivity index (χ2v) is 7.49. The Labute approximate surface area is 124 Å². The first-order valence-corrected chi connectivity index (χ1v) is 8.80. The largest absolute Gasteiger partial charge is 0.274 e. The van der Waals surface area contributed by atoms with Crippen molar-refractivity contribution in [1.82, 2.24) is 4.72 Å². The summed E-state index contributed by atoms with van der Waals surface area (Å²) in [4.78, 5) is 11.9. The highest BCUT2D eigenvalue weighted by Gasteiger charge is 2.29. The van der Waals surface area contributed by atoms with Gasteiger partial charge in [0.25, 0.3) is 0 Å². The Morgan fingerprint density at radius 2 is 2.05 bits per heavy atom. The fourth-order valence-corrected chi connectivity index (χ4v) is 3.64. The van der Waals surface area contributed by atoms with Gasteiger partial charge in [0.1, 0.15) is 5.82 Å². The van der Waals surface area contributed by atoms with Crippen molar-refractivity contribution in [2.75, 3.05) is 5.75 Å². The van der Waals surface area contributed by atoms with Crippen molar-refractivity contribution in [3.8, 4) is 0 Å². The van der Waals surface area contributed by atoms with Crippen molar-refractivity contribution >= 4 is 15.9 Å². The van der Waals surface area contributed by atoms with Gasteiger partial charge in [-0.25, -0.2) is 12.8 Å². The summed E-state index contributed by atoms with van der Waals surface area (Å²) in [6, 6.07) is 6.40. The molecule has 1 amide bonds. The number of benzene rings is 1. The number of nitrogens with one attached hydrogen (secondary N) is 1. The zero-order valence-corrected chi connectivity index (χ0v) is 12.8. The Morgan fingerprint density at radius 3 is 2.67 bits per heavy atom. The number of hydrogen-bond acceptors (Lipinski definition) is 3. The summed E-state index contributed by atoms with van der Waals surface area (Å²) in [7, 11) is -3.53. The van der Waals surface area contributed by atoms with E-state index in [0.29, 0.717) is 18.4 Å². The van der Waals surface area contributed by atoms with Gasteiger partial charge in [0.05, 0.1) is 5.75 Å². The zero-order chi connectivity index (χ0) is 15.5. The summed E-state index contributed by atoms with van der Waals surface area (Å²) < 4.78 is 39.0. The normalized spacial score (nSPS) is 16.5. The quantitative estimate of drug-likeness (QED) is 0.840. The number of hydrogen-bond donors (Lipinski definition) is 1. The molecule has 0 aromatic heterocycles. The lowest BCUT2D eigenvalue weighted by Crippen LogP contribution is -2.36. The van der Waals surface area contributed by atoms with Crippen LogP contribution in [-0.2, 0) is 21.2 Å². The smallest absolute Gasteiger partial charge is 0.236 e. The van der Waals surface area contributed by atoms with Gasteiger partial charge in [0.15, 0.2) is 0 Å². The van der Waals surface area contributed by atoms with Gasteiger partial charge in [-0.15, -0.1) is 0 Å². The lowest BCUT2D eigenvalue weighted by Gasteiger charge is -2.12. The zero-order valence-electron chi connectivity index (χ0n) is 12.0. The molecule has 116 valence electrons. The van der Waals surface area contributed by atoms with E-state index in [1.54, 1.807) is 25.1 Å². The summed E-state index contributed by atoms with van der Waals surface area (Å²) >= 11 is 0. The third kappa shape index (κ3) is 5.12. The molecule has 6 heteroatoms. The van der Waals surface area contributed by atoms with E-state index in [0.717, 1.165) is 12.8 Å². The second kappa shape index (κ2) is 6.56. The molecule has 21 heavy (non-hydrogen) atoms. The molecule has 1 aliphatic rings. The van der Waals surface area contributed by atoms with Gasteiger partial charge in [0.2, 0.25) is 15.9 Å². The molecule has 2 rings (SSSR count). The van der Waals surface area contributed by atoms with Gasteiger partial charge in [-0.1, -0.05) is 25.1 Å². The summed E-state index contributed by atoms with van der Waals surface area (Å²) in [6.45, 7) is 1.66. The van der Waals surface area contributed by atoms with Crippen LogP contribution in [0.25, 0.3) is 0 Å². The van der Waals surface area contributed by atoms with Crippen LogP contribution in [0.15, 0.2) is 24.3 Å². The number of sulfonamides is 1. The van der Waals surface area contributed by atoms with E-state index in [9.17, 15) is 17.6 Å². The molecule has 1 atom stereocenters. The van der Waals surface area contributed by atoms with Gasteiger partial charge in [-0.05, 0) is 43.2 Å². The monoisotopic (exact) mass is 313 g/mol. The highest BCUT2D eigenvalue weighted by molar-refractivity contribution is 7.90. The molecule has 0 aliphatic heterocycles. The predicted octanol–water partition coefficient (Wildman–Crippen LogP) is 2.25. The van der Waals surface area contributed by atoms with Crippen LogP contribution in [0.2, 0.25) is 0 Å². The molecule has 0 radical (unpaired) electrons. The predicted molar refractivity (Wildman–Crippen MR) is 78.5 cm³/mol. The molecular weight excluding hydrogens is 293 g/mol. The summed E-state index contributed by atoms with van der Waals surface area (Å²) in [5.74, 6) is -1.06. The molecule has 0 spiro atoms. The molecule has 1 N–H and O–H groups in total. The molecule has 1 aromatic carbocycles. The van der Waals surface area contributed by atoms with E-state index in [2.05, 4.69) is 4.72 Å². The molecule has 1 saturated carbocycles. The van der Waals surface area contributed by atoms with Crippen LogP contribution in [0.1, 0.15) is 31.7 Å². The van der Waals surface area contributed by atoms with E-state index in [4.69, 9.17) is 0 Å². The number of amides is 1. The van der Waals surface area contributed by atoms with Crippen molar-refractivity contribution in [2.45, 2.75) is 32.6 Å². The molecule has 0 unspecified atom stereocenters. The van der Waals surface area contributed by atoms with Gasteiger partial charge >= 0.3 is 0 Å². The minimum absolute atomic E-state index is 0.0266. The lowest BCUT2D eigenvalue weighted by molar-refractivity contribution is -0.122. The van der Waals surface area contributed by atoms with Crippen LogP contribution in [0.3, 0.4) is 0 Å². The molecular formula is C15H20FNO3S. The number of halogens is 1. The maximum atomic E-state index is 13.5. The van der Waals surface area contributed by atoms with Crippen molar-refractivity contribution in [2.24, 2.45) is 11.8 Å². The lowest BCUT2D eigenvalue weighted by atomic mass is 10.0. The number of rotatable bonds is 7. The summed E-state index contributed by atoms with van der Waals surface area (Å²) in [6.07, 6.45) is 2.64. The Bertz CT molecular complexity index is 611. The van der Waals surface area contributed by atoms with Gasteiger partial charge in [-0.2, -0.15) is 0 Å². The van der Waals surface area contributed by atoms with Crippen molar-refractivity contribution < 1.29 is 17.6 Å². The standard InChI is InChI=1S/C15H20FNO3S/c1-11(6-9-13-4-2-3-5-14(13)16)15(18)17-21(19,20)10-12-7-8-12/h2-5,11-12H,6-10H2,1H3,(H,17,18)/t11-/m0/s1. The fraction of sp³-hybridized carbons (Fsp3) is 0.533. The van der Waals surface area contributed by atoms with Gasteiger partial charge in [0, 0.05) is 5.92 Å². The topological polar surface area (TPSA) is 63.2 Å². The molecule has 1 aliphatic carbocycles. The number of aryl methyl sites for hydroxylation is 1. The Morgan fingerprint density at radius 1 is 1.38 bits per heavy atom. The van der Waals surface area contributed by atoms with E-state index in [1.165, 1.54) is 6.07 Å². The number of carbonyl (C=O) groups excluding carboxylic acids is 1. The Hall–Kier alpha value is -1.43. The summed E-state index contributed by atoms with van der Waals surface area (Å²) in [5, 5.41) is 0. The van der Waals surface area contributed by atoms with Crippen LogP contribution in [0, 0.1) is 17.7 Å². The van der Waals surface area contributed by atoms with Gasteiger partial charge < -0.3 is 0 Å². The van der Waals surface area contributed by atoms with Crippen molar-refractivity contribution in [3.05, 3.63) is 35.6 Å². The van der Waals surface area contributed by atoms with Crippen LogP contribution >= 0.6 is 0 Å². The van der Waals surface area contributed by atoms with Crippen LogP contribution in [0.5, 0.6) is 0 Å². The first-order chi connectivity index (χ1) is 9.87. The average molecular weight is 313 g/mol. The third-order valence-corrected chi connectivity index (χ3v) is 5.08. The van der Waals surface area contributed by atoms with E-state index in [1.807, 2.05) is 0 Å². The van der Waals surface area contributed by atoms with Crippen molar-refractivity contribution in [1.29, 1.82) is 0 Å². The summed E-state index contributed by atoms with van der Waals surface area (Å²) in [5.41, 5.74) is 0.540. The van der Waals surface area contributed by atoms with Gasteiger partial charge in [-0.3, -0.25) is 9.52 Å². The first kappa shape index (κ1) is 15.9.